The first kappa shape index (κ1) is 19.2. The van der Waals surface area contributed by atoms with Crippen LogP contribution in [0.2, 0.25) is 0 Å². The molecule has 1 aromatic rings. The zero-order valence-corrected chi connectivity index (χ0v) is 15.1. The van der Waals surface area contributed by atoms with Gasteiger partial charge in [0.25, 0.3) is 0 Å². The van der Waals surface area contributed by atoms with Crippen molar-refractivity contribution in [3.05, 3.63) is 42.5 Å². The standard InChI is InChI=1S/C17H27N3O2S/c1-5-6-7-14-20(3)17(18-2)19-13-12-15-8-10-16(11-9-15)23(4,21)22/h5,8-11H,1,6-7,12-14H2,2-4H3,(H,18,19). The molecule has 5 nitrogen and oxygen atoms in total. The summed E-state index contributed by atoms with van der Waals surface area (Å²) in [4.78, 5) is 6.72. The molecule has 0 aliphatic rings. The van der Waals surface area contributed by atoms with Crippen LogP contribution in [0.3, 0.4) is 0 Å². The predicted molar refractivity (Wildman–Crippen MR) is 96.7 cm³/mol. The van der Waals surface area contributed by atoms with E-state index in [1.807, 2.05) is 25.3 Å². The molecule has 0 heterocycles. The third-order valence-corrected chi connectivity index (χ3v) is 4.65. The van der Waals surface area contributed by atoms with Crippen molar-refractivity contribution in [1.29, 1.82) is 0 Å². The van der Waals surface area contributed by atoms with E-state index in [1.165, 1.54) is 6.26 Å². The summed E-state index contributed by atoms with van der Waals surface area (Å²) in [6, 6.07) is 7.02. The largest absolute Gasteiger partial charge is 0.356 e. The molecule has 0 aliphatic heterocycles. The van der Waals surface area contributed by atoms with Crippen LogP contribution in [0.25, 0.3) is 0 Å². The normalized spacial score (nSPS) is 12.0. The van der Waals surface area contributed by atoms with Gasteiger partial charge in [0.1, 0.15) is 0 Å². The molecule has 0 amide bonds. The molecule has 1 aromatic carbocycles. The maximum Gasteiger partial charge on any atom is 0.193 e. The first-order valence-electron chi connectivity index (χ1n) is 7.70. The van der Waals surface area contributed by atoms with Crippen molar-refractivity contribution in [1.82, 2.24) is 10.2 Å². The topological polar surface area (TPSA) is 61.8 Å². The van der Waals surface area contributed by atoms with Crippen LogP contribution in [-0.4, -0.2) is 52.7 Å². The minimum atomic E-state index is -3.13. The van der Waals surface area contributed by atoms with Gasteiger partial charge in [-0.25, -0.2) is 8.42 Å². The van der Waals surface area contributed by atoms with Crippen LogP contribution in [0, 0.1) is 0 Å². The number of allylic oxidation sites excluding steroid dienone is 1. The van der Waals surface area contributed by atoms with E-state index in [2.05, 4.69) is 21.8 Å². The molecule has 0 saturated heterocycles. The first-order chi connectivity index (χ1) is 10.9. The van der Waals surface area contributed by atoms with Gasteiger partial charge < -0.3 is 10.2 Å². The van der Waals surface area contributed by atoms with Crippen LogP contribution in [0.15, 0.2) is 46.8 Å². The predicted octanol–water partition coefficient (Wildman–Crippen LogP) is 2.11. The SMILES string of the molecule is C=CCCCN(C)C(=NC)NCCc1ccc(S(C)(=O)=O)cc1. The Morgan fingerprint density at radius 1 is 1.35 bits per heavy atom. The lowest BCUT2D eigenvalue weighted by molar-refractivity contribution is 0.470. The number of benzene rings is 1. The Hall–Kier alpha value is -1.82. The van der Waals surface area contributed by atoms with E-state index in [0.717, 1.165) is 43.9 Å². The van der Waals surface area contributed by atoms with E-state index >= 15 is 0 Å². The summed E-state index contributed by atoms with van der Waals surface area (Å²) in [6.45, 7) is 5.40. The fraction of sp³-hybridized carbons (Fsp3) is 0.471. The summed E-state index contributed by atoms with van der Waals surface area (Å²) in [5.41, 5.74) is 1.09. The first-order valence-corrected chi connectivity index (χ1v) is 9.59. The second-order valence-electron chi connectivity index (χ2n) is 5.49. The van der Waals surface area contributed by atoms with Crippen LogP contribution in [-0.2, 0) is 16.3 Å². The second-order valence-corrected chi connectivity index (χ2v) is 7.51. The van der Waals surface area contributed by atoms with Gasteiger partial charge in [0, 0.05) is 33.4 Å². The van der Waals surface area contributed by atoms with Gasteiger partial charge in [-0.05, 0) is 37.0 Å². The molecule has 6 heteroatoms. The Morgan fingerprint density at radius 2 is 2.00 bits per heavy atom. The van der Waals surface area contributed by atoms with Gasteiger partial charge in [-0.15, -0.1) is 6.58 Å². The number of aliphatic imine (C=N–C) groups is 1. The molecule has 0 saturated carbocycles. The van der Waals surface area contributed by atoms with Crippen molar-refractivity contribution in [2.24, 2.45) is 4.99 Å². The minimum Gasteiger partial charge on any atom is -0.356 e. The summed E-state index contributed by atoms with van der Waals surface area (Å²) in [6.07, 6.45) is 5.99. The summed E-state index contributed by atoms with van der Waals surface area (Å²) >= 11 is 0. The van der Waals surface area contributed by atoms with Gasteiger partial charge in [-0.1, -0.05) is 18.2 Å². The third-order valence-electron chi connectivity index (χ3n) is 3.52. The smallest absolute Gasteiger partial charge is 0.193 e. The van der Waals surface area contributed by atoms with Gasteiger partial charge in [0.2, 0.25) is 0 Å². The Bertz CT molecular complexity index is 622. The van der Waals surface area contributed by atoms with Crippen molar-refractivity contribution >= 4 is 15.8 Å². The van der Waals surface area contributed by atoms with Gasteiger partial charge in [0.05, 0.1) is 4.90 Å². The summed E-state index contributed by atoms with van der Waals surface area (Å²) in [5.74, 6) is 0.863. The zero-order valence-electron chi connectivity index (χ0n) is 14.2. The molecule has 0 spiro atoms. The van der Waals surface area contributed by atoms with Crippen molar-refractivity contribution in [3.8, 4) is 0 Å². The van der Waals surface area contributed by atoms with E-state index in [4.69, 9.17) is 0 Å². The Labute approximate surface area is 140 Å². The van der Waals surface area contributed by atoms with Gasteiger partial charge in [0.15, 0.2) is 15.8 Å². The summed E-state index contributed by atoms with van der Waals surface area (Å²) in [7, 11) is 0.656. The van der Waals surface area contributed by atoms with Crippen LogP contribution in [0.4, 0.5) is 0 Å². The molecule has 0 fully saturated rings. The van der Waals surface area contributed by atoms with E-state index in [9.17, 15) is 8.42 Å². The number of guanidine groups is 1. The fourth-order valence-electron chi connectivity index (χ4n) is 2.19. The maximum absolute atomic E-state index is 11.4. The Morgan fingerprint density at radius 3 is 2.52 bits per heavy atom. The molecule has 0 atom stereocenters. The highest BCUT2D eigenvalue weighted by molar-refractivity contribution is 7.90. The highest BCUT2D eigenvalue weighted by Crippen LogP contribution is 2.10. The summed E-state index contributed by atoms with van der Waals surface area (Å²) < 4.78 is 22.9. The number of nitrogens with zero attached hydrogens (tertiary/aromatic N) is 2. The molecule has 0 aromatic heterocycles. The van der Waals surface area contributed by atoms with Crippen LogP contribution in [0.5, 0.6) is 0 Å². The molecule has 0 unspecified atom stereocenters. The lowest BCUT2D eigenvalue weighted by Crippen LogP contribution is -2.40. The van der Waals surface area contributed by atoms with Crippen molar-refractivity contribution in [3.63, 3.8) is 0 Å². The quantitative estimate of drug-likeness (QED) is 0.342. The van der Waals surface area contributed by atoms with E-state index in [-0.39, 0.29) is 0 Å². The Balaban J connectivity index is 2.47. The average molecular weight is 337 g/mol. The lowest BCUT2D eigenvalue weighted by Gasteiger charge is -2.21. The molecule has 0 radical (unpaired) electrons. The van der Waals surface area contributed by atoms with Crippen molar-refractivity contribution < 1.29 is 8.42 Å². The number of hydrogen-bond acceptors (Lipinski definition) is 3. The number of sulfone groups is 1. The minimum absolute atomic E-state index is 0.354. The highest BCUT2D eigenvalue weighted by atomic mass is 32.2. The van der Waals surface area contributed by atoms with Crippen LogP contribution in [0.1, 0.15) is 18.4 Å². The molecule has 1 rings (SSSR count). The van der Waals surface area contributed by atoms with E-state index < -0.39 is 9.84 Å². The maximum atomic E-state index is 11.4. The summed E-state index contributed by atoms with van der Waals surface area (Å²) in [5, 5.41) is 3.32. The second kappa shape index (κ2) is 9.35. The number of nitrogens with one attached hydrogen (secondary N) is 1. The van der Waals surface area contributed by atoms with Gasteiger partial charge in [-0.2, -0.15) is 0 Å². The fourth-order valence-corrected chi connectivity index (χ4v) is 2.82. The molecule has 23 heavy (non-hydrogen) atoms. The van der Waals surface area contributed by atoms with Crippen molar-refractivity contribution in [2.75, 3.05) is 33.4 Å². The number of rotatable bonds is 8. The Kier molecular flexibility index (Phi) is 7.81. The molecular weight excluding hydrogens is 310 g/mol. The third kappa shape index (κ3) is 6.86. The van der Waals surface area contributed by atoms with Gasteiger partial charge >= 0.3 is 0 Å². The highest BCUT2D eigenvalue weighted by Gasteiger charge is 2.07. The number of unbranched alkanes of at least 4 members (excludes halogenated alkanes) is 1. The van der Waals surface area contributed by atoms with Crippen LogP contribution >= 0.6 is 0 Å². The van der Waals surface area contributed by atoms with Gasteiger partial charge in [-0.3, -0.25) is 4.99 Å². The van der Waals surface area contributed by atoms with Crippen molar-refractivity contribution in [2.45, 2.75) is 24.2 Å². The molecule has 0 aliphatic carbocycles. The molecule has 1 N–H and O–H groups in total. The van der Waals surface area contributed by atoms with E-state index in [0.29, 0.717) is 4.90 Å². The molecular formula is C17H27N3O2S. The zero-order chi connectivity index (χ0) is 17.3. The van der Waals surface area contributed by atoms with E-state index in [1.54, 1.807) is 19.2 Å². The number of hydrogen-bond donors (Lipinski definition) is 1. The molecule has 0 bridgehead atoms. The lowest BCUT2D eigenvalue weighted by atomic mass is 10.1. The van der Waals surface area contributed by atoms with Crippen LogP contribution < -0.4 is 5.32 Å². The molecule has 128 valence electrons. The average Bonchev–Trinajstić information content (AvgIpc) is 2.51. The monoisotopic (exact) mass is 337 g/mol.